The second kappa shape index (κ2) is 6.71. The van der Waals surface area contributed by atoms with Crippen molar-refractivity contribution in [1.82, 2.24) is 10.3 Å². The highest BCUT2D eigenvalue weighted by molar-refractivity contribution is 5.79. The van der Waals surface area contributed by atoms with Gasteiger partial charge in [-0.25, -0.2) is 5.84 Å². The molecule has 1 unspecified atom stereocenters. The highest BCUT2D eigenvalue weighted by Crippen LogP contribution is 2.03. The maximum absolute atomic E-state index is 5.35. The highest BCUT2D eigenvalue weighted by Gasteiger charge is 2.10. The summed E-state index contributed by atoms with van der Waals surface area (Å²) in [6, 6.07) is 0. The van der Waals surface area contributed by atoms with E-state index in [9.17, 15) is 0 Å². The first-order valence-corrected chi connectivity index (χ1v) is 4.87. The number of aliphatic imine (C=N–C) groups is 1. The van der Waals surface area contributed by atoms with Crippen LogP contribution in [0.1, 0.15) is 27.2 Å². The van der Waals surface area contributed by atoms with E-state index in [0.29, 0.717) is 5.92 Å². The normalized spacial score (nSPS) is 14.1. The predicted molar refractivity (Wildman–Crippen MR) is 57.4 cm³/mol. The minimum absolute atomic E-state index is 0.671. The average Bonchev–Trinajstić information content (AvgIpc) is 2.17. The lowest BCUT2D eigenvalue weighted by molar-refractivity contribution is 0.349. The minimum atomic E-state index is 0.671. The number of nitrogens with zero attached hydrogens (tertiary/aromatic N) is 2. The van der Waals surface area contributed by atoms with Crippen LogP contribution in [0.4, 0.5) is 0 Å². The van der Waals surface area contributed by atoms with Crippen LogP contribution in [0.15, 0.2) is 4.99 Å². The summed E-state index contributed by atoms with van der Waals surface area (Å²) in [6.45, 7) is 8.46. The van der Waals surface area contributed by atoms with E-state index in [0.717, 1.165) is 19.0 Å². The Morgan fingerprint density at radius 2 is 2.15 bits per heavy atom. The predicted octanol–water partition coefficient (Wildman–Crippen LogP) is 0.804. The number of guanidine groups is 1. The van der Waals surface area contributed by atoms with Crippen molar-refractivity contribution in [3.8, 4) is 0 Å². The van der Waals surface area contributed by atoms with Gasteiger partial charge in [-0.15, -0.1) is 0 Å². The number of hydrogen-bond donors (Lipinski definition) is 2. The van der Waals surface area contributed by atoms with Gasteiger partial charge in [-0.3, -0.25) is 10.4 Å². The molecule has 4 heteroatoms. The van der Waals surface area contributed by atoms with Gasteiger partial charge in [0, 0.05) is 20.1 Å². The summed E-state index contributed by atoms with van der Waals surface area (Å²) in [5, 5.41) is 0. The molecule has 0 bridgehead atoms. The molecule has 1 atom stereocenters. The summed E-state index contributed by atoms with van der Waals surface area (Å²) in [5.41, 5.74) is 2.61. The van der Waals surface area contributed by atoms with E-state index >= 15 is 0 Å². The smallest absolute Gasteiger partial charge is 0.208 e. The van der Waals surface area contributed by atoms with Gasteiger partial charge in [0.1, 0.15) is 0 Å². The van der Waals surface area contributed by atoms with E-state index in [1.807, 2.05) is 0 Å². The lowest BCUT2D eigenvalue weighted by atomic mass is 10.1. The molecule has 0 spiro atoms. The average molecular weight is 186 g/mol. The Hall–Kier alpha value is -0.770. The van der Waals surface area contributed by atoms with Crippen molar-refractivity contribution in [2.45, 2.75) is 27.2 Å². The quantitative estimate of drug-likeness (QED) is 0.295. The summed E-state index contributed by atoms with van der Waals surface area (Å²) in [4.78, 5) is 6.22. The first-order chi connectivity index (χ1) is 6.19. The molecule has 3 N–H and O–H groups in total. The van der Waals surface area contributed by atoms with E-state index in [1.54, 1.807) is 7.05 Å². The van der Waals surface area contributed by atoms with Crippen molar-refractivity contribution in [2.75, 3.05) is 20.1 Å². The molecule has 0 fully saturated rings. The van der Waals surface area contributed by atoms with Crippen LogP contribution in [-0.2, 0) is 0 Å². The van der Waals surface area contributed by atoms with Gasteiger partial charge in [0.05, 0.1) is 0 Å². The topological polar surface area (TPSA) is 53.6 Å². The van der Waals surface area contributed by atoms with Crippen LogP contribution in [0.3, 0.4) is 0 Å². The molecule has 0 saturated carbocycles. The van der Waals surface area contributed by atoms with Gasteiger partial charge in [0.15, 0.2) is 0 Å². The van der Waals surface area contributed by atoms with E-state index in [-0.39, 0.29) is 0 Å². The first-order valence-electron chi connectivity index (χ1n) is 4.87. The van der Waals surface area contributed by atoms with Gasteiger partial charge in [-0.05, 0) is 12.8 Å². The standard InChI is InChI=1S/C9H22N4/c1-5-8(3)7-13(6-2)9(11-4)12-10/h8H,5-7,10H2,1-4H3,(H,11,12). The Labute approximate surface area is 81.2 Å². The van der Waals surface area contributed by atoms with Crippen molar-refractivity contribution < 1.29 is 0 Å². The fraction of sp³-hybridized carbons (Fsp3) is 0.889. The summed E-state index contributed by atoms with van der Waals surface area (Å²) >= 11 is 0. The minimum Gasteiger partial charge on any atom is -0.342 e. The van der Waals surface area contributed by atoms with Crippen molar-refractivity contribution in [3.05, 3.63) is 0 Å². The van der Waals surface area contributed by atoms with Crippen molar-refractivity contribution in [3.63, 3.8) is 0 Å². The van der Waals surface area contributed by atoms with Gasteiger partial charge >= 0.3 is 0 Å². The Balaban J connectivity index is 4.16. The van der Waals surface area contributed by atoms with E-state index in [1.165, 1.54) is 6.42 Å². The fourth-order valence-electron chi connectivity index (χ4n) is 1.17. The monoisotopic (exact) mass is 186 g/mol. The molecule has 13 heavy (non-hydrogen) atoms. The zero-order chi connectivity index (χ0) is 10.3. The van der Waals surface area contributed by atoms with E-state index < -0.39 is 0 Å². The van der Waals surface area contributed by atoms with Crippen molar-refractivity contribution >= 4 is 5.96 Å². The third-order valence-corrected chi connectivity index (χ3v) is 2.25. The second-order valence-corrected chi connectivity index (χ2v) is 3.24. The Morgan fingerprint density at radius 1 is 1.54 bits per heavy atom. The first kappa shape index (κ1) is 12.2. The van der Waals surface area contributed by atoms with Crippen LogP contribution in [0, 0.1) is 5.92 Å². The number of nitrogens with one attached hydrogen (secondary N) is 1. The van der Waals surface area contributed by atoms with Gasteiger partial charge in [0.25, 0.3) is 0 Å². The molecule has 0 amide bonds. The summed E-state index contributed by atoms with van der Waals surface area (Å²) in [7, 11) is 1.74. The molecule has 0 radical (unpaired) electrons. The number of hydrazine groups is 1. The molecule has 0 aliphatic carbocycles. The third-order valence-electron chi connectivity index (χ3n) is 2.25. The Morgan fingerprint density at radius 3 is 2.46 bits per heavy atom. The molecule has 0 aromatic heterocycles. The van der Waals surface area contributed by atoms with Crippen LogP contribution in [0.5, 0.6) is 0 Å². The van der Waals surface area contributed by atoms with E-state index in [4.69, 9.17) is 5.84 Å². The molecule has 4 nitrogen and oxygen atoms in total. The summed E-state index contributed by atoms with van der Waals surface area (Å²) in [6.07, 6.45) is 1.18. The van der Waals surface area contributed by atoms with Crippen LogP contribution in [0.25, 0.3) is 0 Å². The molecule has 0 saturated heterocycles. The molecule has 0 aliphatic heterocycles. The maximum Gasteiger partial charge on any atom is 0.208 e. The molecule has 0 heterocycles. The molecular weight excluding hydrogens is 164 g/mol. The van der Waals surface area contributed by atoms with Crippen LogP contribution in [0.2, 0.25) is 0 Å². The zero-order valence-corrected chi connectivity index (χ0v) is 9.17. The summed E-state index contributed by atoms with van der Waals surface area (Å²) < 4.78 is 0. The molecule has 78 valence electrons. The highest BCUT2D eigenvalue weighted by atomic mass is 15.4. The van der Waals surface area contributed by atoms with E-state index in [2.05, 4.69) is 36.1 Å². The van der Waals surface area contributed by atoms with Gasteiger partial charge < -0.3 is 4.90 Å². The van der Waals surface area contributed by atoms with Crippen molar-refractivity contribution in [1.29, 1.82) is 0 Å². The van der Waals surface area contributed by atoms with Gasteiger partial charge in [0.2, 0.25) is 5.96 Å². The molecule has 0 aromatic carbocycles. The van der Waals surface area contributed by atoms with Crippen LogP contribution >= 0.6 is 0 Å². The molecule has 0 aliphatic rings. The molecule has 0 aromatic rings. The Kier molecular flexibility index (Phi) is 6.32. The fourth-order valence-corrected chi connectivity index (χ4v) is 1.17. The number of nitrogens with two attached hydrogens (primary N) is 1. The van der Waals surface area contributed by atoms with Gasteiger partial charge in [-0.2, -0.15) is 0 Å². The molecule has 0 rings (SSSR count). The van der Waals surface area contributed by atoms with Crippen LogP contribution in [-0.4, -0.2) is 31.0 Å². The third kappa shape index (κ3) is 4.12. The SMILES string of the molecule is CCC(C)CN(CC)C(=NC)NN. The maximum atomic E-state index is 5.35. The molecular formula is C9H22N4. The number of rotatable bonds is 4. The number of hydrogen-bond acceptors (Lipinski definition) is 2. The summed E-state index contributed by atoms with van der Waals surface area (Å²) in [5.74, 6) is 6.79. The second-order valence-electron chi connectivity index (χ2n) is 3.24. The Bertz CT molecular complexity index is 156. The van der Waals surface area contributed by atoms with Crippen molar-refractivity contribution in [2.24, 2.45) is 16.8 Å². The largest absolute Gasteiger partial charge is 0.342 e. The lowest BCUT2D eigenvalue weighted by Gasteiger charge is -2.26. The zero-order valence-electron chi connectivity index (χ0n) is 9.17. The van der Waals surface area contributed by atoms with Gasteiger partial charge in [-0.1, -0.05) is 20.3 Å². The van der Waals surface area contributed by atoms with Crippen LogP contribution < -0.4 is 11.3 Å². The lowest BCUT2D eigenvalue weighted by Crippen LogP contribution is -2.46.